The van der Waals surface area contributed by atoms with Crippen LogP contribution in [0.1, 0.15) is 16.7 Å². The predicted octanol–water partition coefficient (Wildman–Crippen LogP) is 3.72. The maximum absolute atomic E-state index is 13.3. The molecular weight excluding hydrogens is 187 g/mol. The Bertz CT molecular complexity index is 446. The molecule has 0 saturated heterocycles. The first-order valence-corrected chi connectivity index (χ1v) is 5.04. The lowest BCUT2D eigenvalue weighted by Crippen LogP contribution is -1.90. The van der Waals surface area contributed by atoms with Gasteiger partial charge in [-0.2, -0.15) is 0 Å². The first-order chi connectivity index (χ1) is 7.25. The van der Waals surface area contributed by atoms with Gasteiger partial charge >= 0.3 is 0 Å². The molecule has 1 heteroatoms. The van der Waals surface area contributed by atoms with E-state index < -0.39 is 0 Å². The molecule has 15 heavy (non-hydrogen) atoms. The van der Waals surface area contributed by atoms with E-state index in [1.54, 1.807) is 13.0 Å². The summed E-state index contributed by atoms with van der Waals surface area (Å²) in [5, 5.41) is 0. The van der Waals surface area contributed by atoms with Crippen LogP contribution in [-0.4, -0.2) is 0 Å². The zero-order chi connectivity index (χ0) is 10.7. The molecule has 0 bridgehead atoms. The first-order valence-electron chi connectivity index (χ1n) is 5.04. The minimum atomic E-state index is -0.122. The van der Waals surface area contributed by atoms with Gasteiger partial charge in [-0.05, 0) is 36.1 Å². The average molecular weight is 200 g/mol. The van der Waals surface area contributed by atoms with Gasteiger partial charge in [-0.25, -0.2) is 4.39 Å². The molecule has 76 valence electrons. The summed E-state index contributed by atoms with van der Waals surface area (Å²) in [4.78, 5) is 0. The van der Waals surface area contributed by atoms with Crippen LogP contribution in [-0.2, 0) is 6.42 Å². The van der Waals surface area contributed by atoms with E-state index in [-0.39, 0.29) is 5.82 Å². The van der Waals surface area contributed by atoms with Gasteiger partial charge in [0.25, 0.3) is 0 Å². The Morgan fingerprint density at radius 3 is 2.33 bits per heavy atom. The summed E-state index contributed by atoms with van der Waals surface area (Å²) in [6.45, 7) is 1.78. The van der Waals surface area contributed by atoms with Crippen molar-refractivity contribution in [3.63, 3.8) is 0 Å². The van der Waals surface area contributed by atoms with Crippen LogP contribution in [0.25, 0.3) is 0 Å². The second-order valence-electron chi connectivity index (χ2n) is 3.75. The molecule has 2 aromatic rings. The van der Waals surface area contributed by atoms with E-state index in [0.717, 1.165) is 12.0 Å². The molecule has 0 aliphatic heterocycles. The highest BCUT2D eigenvalue weighted by molar-refractivity contribution is 5.29. The second-order valence-corrected chi connectivity index (χ2v) is 3.75. The van der Waals surface area contributed by atoms with Crippen molar-refractivity contribution in [1.29, 1.82) is 0 Å². The molecule has 2 aromatic carbocycles. The van der Waals surface area contributed by atoms with Crippen molar-refractivity contribution in [2.75, 3.05) is 0 Å². The molecule has 0 spiro atoms. The van der Waals surface area contributed by atoms with Crippen molar-refractivity contribution in [3.05, 3.63) is 71.0 Å². The van der Waals surface area contributed by atoms with Crippen LogP contribution in [0, 0.1) is 12.7 Å². The van der Waals surface area contributed by atoms with Crippen LogP contribution >= 0.6 is 0 Å². The minimum absolute atomic E-state index is 0.122. The van der Waals surface area contributed by atoms with Crippen LogP contribution in [0.4, 0.5) is 4.39 Å². The maximum atomic E-state index is 13.3. The lowest BCUT2D eigenvalue weighted by molar-refractivity contribution is 0.616. The van der Waals surface area contributed by atoms with Crippen LogP contribution < -0.4 is 0 Å². The number of rotatable bonds is 2. The Hall–Kier alpha value is -1.63. The summed E-state index contributed by atoms with van der Waals surface area (Å²) in [5.41, 5.74) is 2.93. The molecule has 0 fully saturated rings. The zero-order valence-corrected chi connectivity index (χ0v) is 8.70. The summed E-state index contributed by atoms with van der Waals surface area (Å²) >= 11 is 0. The molecule has 0 unspecified atom stereocenters. The van der Waals surface area contributed by atoms with Crippen molar-refractivity contribution in [1.82, 2.24) is 0 Å². The number of aryl methyl sites for hydroxylation is 1. The van der Waals surface area contributed by atoms with Gasteiger partial charge in [0.15, 0.2) is 0 Å². The maximum Gasteiger partial charge on any atom is 0.126 e. The highest BCUT2D eigenvalue weighted by Gasteiger charge is 2.00. The van der Waals surface area contributed by atoms with Gasteiger partial charge < -0.3 is 0 Å². The van der Waals surface area contributed by atoms with Crippen molar-refractivity contribution in [3.8, 4) is 0 Å². The van der Waals surface area contributed by atoms with Gasteiger partial charge in [-0.1, -0.05) is 42.5 Å². The summed E-state index contributed by atoms with van der Waals surface area (Å²) in [5.74, 6) is -0.122. The van der Waals surface area contributed by atoms with E-state index in [1.807, 2.05) is 30.3 Å². The number of halogens is 1. The van der Waals surface area contributed by atoms with Gasteiger partial charge in [0.1, 0.15) is 5.82 Å². The molecule has 0 amide bonds. The summed E-state index contributed by atoms with van der Waals surface area (Å²) < 4.78 is 13.3. The Labute approximate surface area is 89.4 Å². The Balaban J connectivity index is 2.22. The largest absolute Gasteiger partial charge is 0.207 e. The molecule has 0 saturated carbocycles. The Kier molecular flexibility index (Phi) is 2.82. The molecule has 0 atom stereocenters. The van der Waals surface area contributed by atoms with Gasteiger partial charge in [0, 0.05) is 0 Å². The van der Waals surface area contributed by atoms with Gasteiger partial charge in [0.2, 0.25) is 0 Å². The zero-order valence-electron chi connectivity index (χ0n) is 8.70. The van der Waals surface area contributed by atoms with Crippen molar-refractivity contribution in [2.24, 2.45) is 0 Å². The van der Waals surface area contributed by atoms with E-state index in [9.17, 15) is 4.39 Å². The molecule has 2 rings (SSSR count). The van der Waals surface area contributed by atoms with E-state index in [0.29, 0.717) is 5.56 Å². The van der Waals surface area contributed by atoms with Crippen molar-refractivity contribution < 1.29 is 4.39 Å². The molecule has 0 N–H and O–H groups in total. The molecule has 0 nitrogen and oxygen atoms in total. The molecule has 0 aliphatic rings. The average Bonchev–Trinajstić information content (AvgIpc) is 2.25. The summed E-state index contributed by atoms with van der Waals surface area (Å²) in [7, 11) is 0. The minimum Gasteiger partial charge on any atom is -0.207 e. The Morgan fingerprint density at radius 2 is 1.67 bits per heavy atom. The number of hydrogen-bond acceptors (Lipinski definition) is 0. The topological polar surface area (TPSA) is 0 Å². The first kappa shape index (κ1) is 9.91. The molecule has 0 heterocycles. The number of hydrogen-bond donors (Lipinski definition) is 0. The monoisotopic (exact) mass is 200 g/mol. The second kappa shape index (κ2) is 4.26. The molecule has 0 radical (unpaired) electrons. The van der Waals surface area contributed by atoms with Gasteiger partial charge in [-0.3, -0.25) is 0 Å². The standard InChI is InChI=1S/C14H13F/c1-11-7-8-13(10-14(11)15)9-12-5-3-2-4-6-12/h2-8,10H,9H2,1H3. The van der Waals surface area contributed by atoms with E-state index in [4.69, 9.17) is 0 Å². The fourth-order valence-electron chi connectivity index (χ4n) is 1.58. The molecule has 0 aromatic heterocycles. The van der Waals surface area contributed by atoms with Crippen LogP contribution in [0.3, 0.4) is 0 Å². The van der Waals surface area contributed by atoms with Gasteiger partial charge in [-0.15, -0.1) is 0 Å². The lowest BCUT2D eigenvalue weighted by Gasteiger charge is -2.03. The van der Waals surface area contributed by atoms with Crippen LogP contribution in [0.2, 0.25) is 0 Å². The van der Waals surface area contributed by atoms with E-state index in [2.05, 4.69) is 12.1 Å². The van der Waals surface area contributed by atoms with Crippen LogP contribution in [0.5, 0.6) is 0 Å². The van der Waals surface area contributed by atoms with Crippen molar-refractivity contribution in [2.45, 2.75) is 13.3 Å². The lowest BCUT2D eigenvalue weighted by atomic mass is 10.0. The molecular formula is C14H13F. The quantitative estimate of drug-likeness (QED) is 0.693. The SMILES string of the molecule is Cc1ccc(Cc2ccccc2)cc1F. The summed E-state index contributed by atoms with van der Waals surface area (Å²) in [6, 6.07) is 15.5. The third-order valence-corrected chi connectivity index (χ3v) is 2.49. The van der Waals surface area contributed by atoms with E-state index in [1.165, 1.54) is 5.56 Å². The smallest absolute Gasteiger partial charge is 0.126 e. The van der Waals surface area contributed by atoms with Crippen LogP contribution in [0.15, 0.2) is 48.5 Å². The highest BCUT2D eigenvalue weighted by Crippen LogP contribution is 2.13. The van der Waals surface area contributed by atoms with Gasteiger partial charge in [0.05, 0.1) is 0 Å². The summed E-state index contributed by atoms with van der Waals surface area (Å²) in [6.07, 6.45) is 0.790. The predicted molar refractivity (Wildman–Crippen MR) is 60.4 cm³/mol. The highest BCUT2D eigenvalue weighted by atomic mass is 19.1. The fourth-order valence-corrected chi connectivity index (χ4v) is 1.58. The van der Waals surface area contributed by atoms with Crippen molar-refractivity contribution >= 4 is 0 Å². The van der Waals surface area contributed by atoms with E-state index >= 15 is 0 Å². The third-order valence-electron chi connectivity index (χ3n) is 2.49. The molecule has 0 aliphatic carbocycles. The third kappa shape index (κ3) is 2.44. The number of benzene rings is 2. The Morgan fingerprint density at radius 1 is 0.933 bits per heavy atom. The normalized spacial score (nSPS) is 10.3. The fraction of sp³-hybridized carbons (Fsp3) is 0.143.